The van der Waals surface area contributed by atoms with E-state index in [-0.39, 0.29) is 10.8 Å². The van der Waals surface area contributed by atoms with Crippen molar-refractivity contribution in [1.82, 2.24) is 15.0 Å². The maximum Gasteiger partial charge on any atom is 0.164 e. The third-order valence-corrected chi connectivity index (χ3v) is 13.9. The number of para-hydroxylation sites is 1. The van der Waals surface area contributed by atoms with Crippen LogP contribution in [0.1, 0.15) is 49.9 Å². The zero-order chi connectivity index (χ0) is 40.8. The lowest BCUT2D eigenvalue weighted by atomic mass is 9.81. The number of aromatic nitrogens is 3. The van der Waals surface area contributed by atoms with Crippen molar-refractivity contribution >= 4 is 54.3 Å². The minimum absolute atomic E-state index is 0.174. The number of hydrogen-bond donors (Lipinski definition) is 0. The Hall–Kier alpha value is -7.43. The third-order valence-electron chi connectivity index (χ3n) is 13.9. The van der Waals surface area contributed by atoms with Crippen LogP contribution in [-0.2, 0) is 10.8 Å². The minimum Gasteiger partial charge on any atom is -0.455 e. The molecular formula is C57H39N3O. The van der Waals surface area contributed by atoms with Gasteiger partial charge < -0.3 is 4.42 Å². The monoisotopic (exact) mass is 781 g/mol. The summed E-state index contributed by atoms with van der Waals surface area (Å²) in [7, 11) is 0. The molecule has 0 amide bonds. The molecule has 2 heterocycles. The molecule has 0 bridgehead atoms. The van der Waals surface area contributed by atoms with Gasteiger partial charge in [0.1, 0.15) is 11.2 Å². The van der Waals surface area contributed by atoms with Crippen LogP contribution >= 0.6 is 0 Å². The van der Waals surface area contributed by atoms with Crippen molar-refractivity contribution in [3.8, 4) is 56.4 Å². The molecule has 0 N–H and O–H groups in total. The average Bonchev–Trinajstić information content (AvgIpc) is 3.88. The Kier molecular flexibility index (Phi) is 6.82. The predicted molar refractivity (Wildman–Crippen MR) is 251 cm³/mol. The highest BCUT2D eigenvalue weighted by molar-refractivity contribution is 6.19. The minimum atomic E-state index is -0.267. The fourth-order valence-electron chi connectivity index (χ4n) is 10.8. The quantitative estimate of drug-likeness (QED) is 0.168. The van der Waals surface area contributed by atoms with E-state index in [0.29, 0.717) is 17.5 Å². The van der Waals surface area contributed by atoms with Crippen LogP contribution in [0.2, 0.25) is 0 Å². The molecule has 61 heavy (non-hydrogen) atoms. The van der Waals surface area contributed by atoms with Crippen LogP contribution in [0, 0.1) is 0 Å². The van der Waals surface area contributed by atoms with Crippen molar-refractivity contribution in [2.45, 2.75) is 38.5 Å². The first-order chi connectivity index (χ1) is 29.7. The van der Waals surface area contributed by atoms with Gasteiger partial charge in [0.2, 0.25) is 0 Å². The first kappa shape index (κ1) is 34.4. The topological polar surface area (TPSA) is 51.8 Å². The fourth-order valence-corrected chi connectivity index (χ4v) is 10.8. The summed E-state index contributed by atoms with van der Waals surface area (Å²) in [6, 6.07) is 59.2. The van der Waals surface area contributed by atoms with Gasteiger partial charge in [-0.2, -0.15) is 0 Å². The number of rotatable bonds is 3. The lowest BCUT2D eigenvalue weighted by Gasteiger charge is -2.22. The second-order valence-electron chi connectivity index (χ2n) is 17.9. The SMILES string of the molecule is CC1(C)c2ccccc2-c2ccc(-c3nc(-c4ccc5ccc6c7ccccc7ccc6c5c4)nc(-c4cc5c(c6oc7ccccc7c46)-c4ccccc4C5(C)C)n3)cc21. The Morgan fingerprint density at radius 1 is 0.377 bits per heavy atom. The number of benzene rings is 9. The predicted octanol–water partition coefficient (Wildman–Crippen LogP) is 14.8. The number of fused-ring (bicyclic) bond motifs is 15. The lowest BCUT2D eigenvalue weighted by molar-refractivity contribution is 0.653. The van der Waals surface area contributed by atoms with Gasteiger partial charge in [0.25, 0.3) is 0 Å². The van der Waals surface area contributed by atoms with E-state index >= 15 is 0 Å². The van der Waals surface area contributed by atoms with Gasteiger partial charge in [0.05, 0.1) is 0 Å². The summed E-state index contributed by atoms with van der Waals surface area (Å²) in [6.07, 6.45) is 0. The van der Waals surface area contributed by atoms with E-state index in [1.54, 1.807) is 0 Å². The maximum atomic E-state index is 6.89. The van der Waals surface area contributed by atoms with Gasteiger partial charge in [0, 0.05) is 43.9 Å². The Morgan fingerprint density at radius 2 is 0.934 bits per heavy atom. The van der Waals surface area contributed by atoms with Gasteiger partial charge in [-0.05, 0) is 95.5 Å². The second-order valence-corrected chi connectivity index (χ2v) is 17.9. The van der Waals surface area contributed by atoms with Crippen LogP contribution in [0.15, 0.2) is 168 Å². The summed E-state index contributed by atoms with van der Waals surface area (Å²) >= 11 is 0. The number of nitrogens with zero attached hydrogens (tertiary/aromatic N) is 3. The van der Waals surface area contributed by atoms with Crippen LogP contribution in [0.5, 0.6) is 0 Å². The van der Waals surface area contributed by atoms with E-state index in [1.807, 2.05) is 6.07 Å². The lowest BCUT2D eigenvalue weighted by Crippen LogP contribution is -2.15. The van der Waals surface area contributed by atoms with Crippen LogP contribution in [0.3, 0.4) is 0 Å². The van der Waals surface area contributed by atoms with E-state index in [1.165, 1.54) is 71.3 Å². The highest BCUT2D eigenvalue weighted by atomic mass is 16.3. The molecule has 0 saturated carbocycles. The first-order valence-corrected chi connectivity index (χ1v) is 21.2. The smallest absolute Gasteiger partial charge is 0.164 e. The van der Waals surface area contributed by atoms with E-state index in [0.717, 1.165) is 44.2 Å². The van der Waals surface area contributed by atoms with Crippen molar-refractivity contribution in [2.24, 2.45) is 0 Å². The van der Waals surface area contributed by atoms with E-state index < -0.39 is 0 Å². The average molecular weight is 782 g/mol. The summed E-state index contributed by atoms with van der Waals surface area (Å²) in [5, 5.41) is 9.33. The van der Waals surface area contributed by atoms with Crippen LogP contribution in [0.25, 0.3) is 111 Å². The van der Waals surface area contributed by atoms with E-state index in [4.69, 9.17) is 19.4 Å². The Balaban J connectivity index is 1.10. The molecule has 2 aromatic heterocycles. The van der Waals surface area contributed by atoms with Crippen LogP contribution < -0.4 is 0 Å². The van der Waals surface area contributed by atoms with Gasteiger partial charge in [-0.1, -0.05) is 167 Å². The zero-order valence-corrected chi connectivity index (χ0v) is 34.3. The number of hydrogen-bond acceptors (Lipinski definition) is 4. The third kappa shape index (κ3) is 4.73. The molecular weight excluding hydrogens is 743 g/mol. The fraction of sp³-hybridized carbons (Fsp3) is 0.105. The molecule has 0 spiro atoms. The molecule has 0 fully saturated rings. The highest BCUT2D eigenvalue weighted by Gasteiger charge is 2.39. The number of furan rings is 1. The Bertz CT molecular complexity index is 3720. The summed E-state index contributed by atoms with van der Waals surface area (Å²) in [6.45, 7) is 9.26. The summed E-state index contributed by atoms with van der Waals surface area (Å²) in [5.74, 6) is 1.90. The molecule has 0 unspecified atom stereocenters. The van der Waals surface area contributed by atoms with Crippen LogP contribution in [0.4, 0.5) is 0 Å². The van der Waals surface area contributed by atoms with Gasteiger partial charge in [-0.25, -0.2) is 15.0 Å². The Labute approximate surface area is 353 Å². The molecule has 288 valence electrons. The molecule has 0 saturated heterocycles. The van der Waals surface area contributed by atoms with Crippen molar-refractivity contribution in [1.29, 1.82) is 0 Å². The zero-order valence-electron chi connectivity index (χ0n) is 34.3. The van der Waals surface area contributed by atoms with E-state index in [2.05, 4.69) is 185 Å². The summed E-state index contributed by atoms with van der Waals surface area (Å²) < 4.78 is 6.89. The van der Waals surface area contributed by atoms with Crippen molar-refractivity contribution < 1.29 is 4.42 Å². The molecule has 9 aromatic carbocycles. The molecule has 11 aromatic rings. The Morgan fingerprint density at radius 3 is 1.74 bits per heavy atom. The van der Waals surface area contributed by atoms with E-state index in [9.17, 15) is 0 Å². The largest absolute Gasteiger partial charge is 0.455 e. The van der Waals surface area contributed by atoms with Crippen molar-refractivity contribution in [3.05, 3.63) is 186 Å². The first-order valence-electron chi connectivity index (χ1n) is 21.2. The molecule has 0 aliphatic heterocycles. The van der Waals surface area contributed by atoms with Crippen molar-refractivity contribution in [2.75, 3.05) is 0 Å². The maximum absolute atomic E-state index is 6.89. The van der Waals surface area contributed by atoms with Crippen molar-refractivity contribution in [3.63, 3.8) is 0 Å². The molecule has 13 rings (SSSR count). The molecule has 0 atom stereocenters. The van der Waals surface area contributed by atoms with Gasteiger partial charge in [-0.3, -0.25) is 0 Å². The summed E-state index contributed by atoms with van der Waals surface area (Å²) in [5.41, 5.74) is 14.2. The second kappa shape index (κ2) is 12.1. The molecule has 4 heteroatoms. The molecule has 2 aliphatic rings. The molecule has 4 nitrogen and oxygen atoms in total. The highest BCUT2D eigenvalue weighted by Crippen LogP contribution is 2.55. The normalized spacial score (nSPS) is 14.5. The van der Waals surface area contributed by atoms with Crippen LogP contribution in [-0.4, -0.2) is 15.0 Å². The van der Waals surface area contributed by atoms with Gasteiger partial charge in [0.15, 0.2) is 17.5 Å². The molecule has 2 aliphatic carbocycles. The molecule has 0 radical (unpaired) electrons. The van der Waals surface area contributed by atoms with Gasteiger partial charge in [-0.15, -0.1) is 0 Å². The standard InChI is InChI=1S/C57H39N3O/c1-56(2)45-18-10-7-15-39(45)40-28-25-35(30-47(40)56)54-58-53(34-22-21-33-24-26-37-36-14-6-5-13-32(36)23-27-38(37)43(33)29-34)59-55(60-54)44-31-48-51(41-16-8-11-19-46(41)57(48,3)4)52-50(44)42-17-9-12-20-49(42)61-52/h5-31H,1-4H3. The summed E-state index contributed by atoms with van der Waals surface area (Å²) in [4.78, 5) is 16.3. The van der Waals surface area contributed by atoms with Gasteiger partial charge >= 0.3 is 0 Å².